The molecule has 0 radical (unpaired) electrons. The second-order valence-electron chi connectivity index (χ2n) is 15.7. The smallest absolute Gasteiger partial charge is 0.407 e. The summed E-state index contributed by atoms with van der Waals surface area (Å²) in [6.45, 7) is 10.9. The van der Waals surface area contributed by atoms with Crippen LogP contribution in [0, 0.1) is 11.8 Å². The number of piperidine rings is 1. The maximum absolute atomic E-state index is 14.2. The molecular formula is C37H52FN5O6. The molecule has 268 valence electrons. The molecule has 3 aliphatic heterocycles. The van der Waals surface area contributed by atoms with Crippen LogP contribution < -0.4 is 10.6 Å². The van der Waals surface area contributed by atoms with Crippen LogP contribution >= 0.6 is 0 Å². The third kappa shape index (κ3) is 7.44. The molecule has 1 saturated carbocycles. The SMILES string of the molecule is CC(C)(C)OC(=O)N[C@H](CCF)C1CCC(C(=O)N2CC[C@@H](N3CCCCC3)[C@H]2C(=O)Nc2ccc3c(c2)cc2n3C(C)(C)OC2=O)CC1. The average molecular weight is 682 g/mol. The number of alkyl carbamates (subject to hydrolysis) is 1. The second kappa shape index (κ2) is 13.9. The molecule has 4 aliphatic rings. The van der Waals surface area contributed by atoms with Crippen LogP contribution in [0.3, 0.4) is 0 Å². The standard InChI is InChI=1S/C37H52FN5O6/c1-36(2,3)49-35(47)40-27(15-17-38)23-9-11-24(12-10-23)33(45)42-20-16-29(41-18-7-6-8-19-41)31(42)32(44)39-26-13-14-28-25(21-26)22-30-34(46)48-37(4,5)43(28)30/h13-14,21-24,27,29,31H,6-12,15-20H2,1-5H3,(H,39,44)(H,40,47)/t23?,24?,27-,29-,31+/m1/s1. The summed E-state index contributed by atoms with van der Waals surface area (Å²) in [4.78, 5) is 57.6. The molecule has 1 aromatic heterocycles. The molecular weight excluding hydrogens is 629 g/mol. The minimum Gasteiger partial charge on any atom is -0.444 e. The lowest BCUT2D eigenvalue weighted by Gasteiger charge is -2.38. The van der Waals surface area contributed by atoms with Crippen molar-refractivity contribution >= 4 is 40.5 Å². The summed E-state index contributed by atoms with van der Waals surface area (Å²) in [5.41, 5.74) is 0.488. The number of carbonyl (C=O) groups is 4. The van der Waals surface area contributed by atoms with Gasteiger partial charge in [0.25, 0.3) is 0 Å². The van der Waals surface area contributed by atoms with Gasteiger partial charge in [-0.2, -0.15) is 0 Å². The van der Waals surface area contributed by atoms with E-state index in [0.29, 0.717) is 43.6 Å². The number of esters is 1. The van der Waals surface area contributed by atoms with E-state index in [2.05, 4.69) is 15.5 Å². The van der Waals surface area contributed by atoms with Crippen LogP contribution in [-0.4, -0.2) is 88.3 Å². The molecule has 2 N–H and O–H groups in total. The Kier molecular flexibility index (Phi) is 9.99. The number of alkyl halides is 1. The minimum absolute atomic E-state index is 0.000285. The van der Waals surface area contributed by atoms with E-state index in [1.54, 1.807) is 26.8 Å². The van der Waals surface area contributed by atoms with E-state index >= 15 is 0 Å². The fraction of sp³-hybridized carbons (Fsp3) is 0.676. The summed E-state index contributed by atoms with van der Waals surface area (Å²) in [5.74, 6) is -0.764. The molecule has 3 amide bonds. The van der Waals surface area contributed by atoms with Crippen molar-refractivity contribution in [3.8, 4) is 0 Å². The van der Waals surface area contributed by atoms with Crippen molar-refractivity contribution in [1.29, 1.82) is 0 Å². The van der Waals surface area contributed by atoms with Gasteiger partial charge in [0.05, 0.1) is 12.2 Å². The highest BCUT2D eigenvalue weighted by Crippen LogP contribution is 2.38. The van der Waals surface area contributed by atoms with Crippen LogP contribution in [0.2, 0.25) is 0 Å². The number of nitrogens with one attached hydrogen (secondary N) is 2. The highest BCUT2D eigenvalue weighted by Gasteiger charge is 2.47. The van der Waals surface area contributed by atoms with Crippen molar-refractivity contribution < 1.29 is 33.0 Å². The molecule has 1 aromatic carbocycles. The fourth-order valence-corrected chi connectivity index (χ4v) is 8.54. The predicted octanol–water partition coefficient (Wildman–Crippen LogP) is 5.96. The van der Waals surface area contributed by atoms with E-state index in [9.17, 15) is 23.6 Å². The van der Waals surface area contributed by atoms with E-state index in [1.165, 1.54) is 6.42 Å². The minimum atomic E-state index is -0.798. The van der Waals surface area contributed by atoms with Crippen LogP contribution in [0.25, 0.3) is 10.9 Å². The Balaban J connectivity index is 1.16. The summed E-state index contributed by atoms with van der Waals surface area (Å²) < 4.78 is 26.3. The number of amides is 3. The molecule has 1 aliphatic carbocycles. The molecule has 11 nitrogen and oxygen atoms in total. The number of carbonyl (C=O) groups excluding carboxylic acids is 4. The maximum Gasteiger partial charge on any atom is 0.407 e. The quantitative estimate of drug-likeness (QED) is 0.330. The molecule has 0 bridgehead atoms. The van der Waals surface area contributed by atoms with Crippen molar-refractivity contribution in [2.45, 2.75) is 122 Å². The summed E-state index contributed by atoms with van der Waals surface area (Å²) in [6, 6.07) is 6.35. The number of rotatable bonds is 8. The predicted molar refractivity (Wildman–Crippen MR) is 184 cm³/mol. The Morgan fingerprint density at radius 1 is 1.02 bits per heavy atom. The number of hydrogen-bond donors (Lipinski definition) is 2. The van der Waals surface area contributed by atoms with Gasteiger partial charge in [0.15, 0.2) is 5.72 Å². The van der Waals surface area contributed by atoms with Gasteiger partial charge in [0.1, 0.15) is 17.3 Å². The number of hydrogen-bond acceptors (Lipinski definition) is 7. The van der Waals surface area contributed by atoms with Gasteiger partial charge < -0.3 is 25.0 Å². The van der Waals surface area contributed by atoms with Crippen molar-refractivity contribution in [3.05, 3.63) is 30.0 Å². The van der Waals surface area contributed by atoms with Gasteiger partial charge in [0.2, 0.25) is 11.8 Å². The molecule has 4 heterocycles. The van der Waals surface area contributed by atoms with Crippen LogP contribution in [0.4, 0.5) is 14.9 Å². The number of benzene rings is 1. The summed E-state index contributed by atoms with van der Waals surface area (Å²) in [6.07, 6.45) is 6.33. The molecule has 6 rings (SSSR count). The van der Waals surface area contributed by atoms with Gasteiger partial charge in [0, 0.05) is 35.6 Å². The molecule has 3 fully saturated rings. The lowest BCUT2D eigenvalue weighted by atomic mass is 9.77. The Bertz CT molecular complexity index is 1570. The Hall–Kier alpha value is -3.67. The van der Waals surface area contributed by atoms with Crippen molar-refractivity contribution in [1.82, 2.24) is 19.7 Å². The van der Waals surface area contributed by atoms with Crippen molar-refractivity contribution in [3.63, 3.8) is 0 Å². The van der Waals surface area contributed by atoms with Gasteiger partial charge in [-0.3, -0.25) is 23.4 Å². The first-order chi connectivity index (χ1) is 23.3. The lowest BCUT2D eigenvalue weighted by molar-refractivity contribution is -0.142. The summed E-state index contributed by atoms with van der Waals surface area (Å²) in [7, 11) is 0. The zero-order valence-corrected chi connectivity index (χ0v) is 29.6. The van der Waals surface area contributed by atoms with Gasteiger partial charge >= 0.3 is 12.1 Å². The summed E-state index contributed by atoms with van der Waals surface area (Å²) in [5, 5.41) is 6.83. The highest BCUT2D eigenvalue weighted by molar-refractivity contribution is 6.02. The zero-order valence-electron chi connectivity index (χ0n) is 29.6. The van der Waals surface area contributed by atoms with Crippen LogP contribution in [-0.2, 0) is 24.8 Å². The number of fused-ring (bicyclic) bond motifs is 3. The molecule has 2 aromatic rings. The number of halogens is 1. The number of aromatic nitrogens is 1. The highest BCUT2D eigenvalue weighted by atomic mass is 19.1. The van der Waals surface area contributed by atoms with Gasteiger partial charge in [-0.05, 0) is 129 Å². The molecule has 12 heteroatoms. The molecule has 0 spiro atoms. The maximum atomic E-state index is 14.2. The number of ether oxygens (including phenoxy) is 2. The van der Waals surface area contributed by atoms with Crippen LogP contribution in [0.5, 0.6) is 0 Å². The largest absolute Gasteiger partial charge is 0.444 e. The monoisotopic (exact) mass is 681 g/mol. The van der Waals surface area contributed by atoms with E-state index < -0.39 is 30.1 Å². The van der Waals surface area contributed by atoms with Gasteiger partial charge in [-0.1, -0.05) is 6.42 Å². The van der Waals surface area contributed by atoms with Crippen molar-refractivity contribution in [2.24, 2.45) is 11.8 Å². The van der Waals surface area contributed by atoms with E-state index in [4.69, 9.17) is 9.47 Å². The van der Waals surface area contributed by atoms with Crippen molar-refractivity contribution in [2.75, 3.05) is 31.6 Å². The number of likely N-dealkylation sites (tertiary alicyclic amines) is 2. The third-order valence-corrected chi connectivity index (χ3v) is 10.7. The third-order valence-electron chi connectivity index (χ3n) is 10.7. The number of cyclic esters (lactones) is 1. The Morgan fingerprint density at radius 3 is 2.41 bits per heavy atom. The first kappa shape index (κ1) is 35.2. The first-order valence-corrected chi connectivity index (χ1v) is 18.1. The van der Waals surface area contributed by atoms with E-state index in [0.717, 1.165) is 43.3 Å². The average Bonchev–Trinajstić information content (AvgIpc) is 3.72. The summed E-state index contributed by atoms with van der Waals surface area (Å²) >= 11 is 0. The number of nitrogens with zero attached hydrogens (tertiary/aromatic N) is 3. The number of anilines is 1. The topological polar surface area (TPSA) is 122 Å². The molecule has 49 heavy (non-hydrogen) atoms. The van der Waals surface area contributed by atoms with E-state index in [1.807, 2.05) is 41.5 Å². The van der Waals surface area contributed by atoms with Crippen LogP contribution in [0.1, 0.15) is 103 Å². The fourth-order valence-electron chi connectivity index (χ4n) is 8.54. The van der Waals surface area contributed by atoms with Gasteiger partial charge in [-0.15, -0.1) is 0 Å². The normalized spacial score (nSPS) is 26.2. The Morgan fingerprint density at radius 2 is 1.73 bits per heavy atom. The van der Waals surface area contributed by atoms with Gasteiger partial charge in [-0.25, -0.2) is 9.59 Å². The Labute approximate surface area is 288 Å². The van der Waals surface area contributed by atoms with Crippen LogP contribution in [0.15, 0.2) is 24.3 Å². The zero-order chi connectivity index (χ0) is 35.1. The lowest BCUT2D eigenvalue weighted by Crippen LogP contribution is -2.55. The molecule has 0 unspecified atom stereocenters. The first-order valence-electron chi connectivity index (χ1n) is 18.1. The second-order valence-corrected chi connectivity index (χ2v) is 15.7. The molecule has 2 saturated heterocycles. The molecule has 3 atom stereocenters. The van der Waals surface area contributed by atoms with E-state index in [-0.39, 0.29) is 48.1 Å².